The molecule has 0 heterocycles. The van der Waals surface area contributed by atoms with Gasteiger partial charge in [0.15, 0.2) is 0 Å². The fourth-order valence-corrected chi connectivity index (χ4v) is 3.56. The first kappa shape index (κ1) is 24.7. The average molecular weight is 389 g/mol. The van der Waals surface area contributed by atoms with Gasteiger partial charge < -0.3 is 4.74 Å². The maximum Gasteiger partial charge on any atom is 0.306 e. The van der Waals surface area contributed by atoms with Crippen LogP contribution in [-0.4, -0.2) is 5.97 Å². The second-order valence-corrected chi connectivity index (χ2v) is 8.35. The first-order chi connectivity index (χ1) is 13.7. The summed E-state index contributed by atoms with van der Waals surface area (Å²) in [7, 11) is 0. The zero-order valence-electron chi connectivity index (χ0n) is 18.6. The number of unbranched alkanes of at least 4 members (excludes halogenated alkanes) is 14. The minimum atomic E-state index is -0.0599. The number of hydrogen-bond donors (Lipinski definition) is 0. The predicted octanol–water partition coefficient (Wildman–Crippen LogP) is 8.30. The fraction of sp³-hybridized carbons (Fsp3) is 0.731. The number of benzene rings is 1. The number of carbonyl (C=O) groups is 1. The fourth-order valence-electron chi connectivity index (χ4n) is 3.56. The van der Waals surface area contributed by atoms with Gasteiger partial charge >= 0.3 is 5.97 Å². The van der Waals surface area contributed by atoms with Crippen molar-refractivity contribution in [2.24, 2.45) is 0 Å². The van der Waals surface area contributed by atoms with E-state index in [0.29, 0.717) is 13.0 Å². The van der Waals surface area contributed by atoms with E-state index in [-0.39, 0.29) is 5.97 Å². The third-order valence-electron chi connectivity index (χ3n) is 5.50. The molecule has 0 aliphatic carbocycles. The number of hydrogen-bond acceptors (Lipinski definition) is 2. The Morgan fingerprint density at radius 2 is 1.11 bits per heavy atom. The average Bonchev–Trinajstić information content (AvgIpc) is 2.70. The second kappa shape index (κ2) is 17.8. The molecule has 2 heteroatoms. The summed E-state index contributed by atoms with van der Waals surface area (Å²) in [5, 5.41) is 0. The molecule has 1 aromatic carbocycles. The Morgan fingerprint density at radius 1 is 0.679 bits per heavy atom. The summed E-state index contributed by atoms with van der Waals surface area (Å²) in [5.41, 5.74) is 2.29. The normalized spacial score (nSPS) is 10.9. The van der Waals surface area contributed by atoms with Gasteiger partial charge in [-0.15, -0.1) is 0 Å². The summed E-state index contributed by atoms with van der Waals surface area (Å²) in [6.45, 7) is 4.74. The summed E-state index contributed by atoms with van der Waals surface area (Å²) in [6, 6.07) is 8.15. The van der Waals surface area contributed by atoms with Crippen molar-refractivity contribution in [3.8, 4) is 0 Å². The topological polar surface area (TPSA) is 26.3 Å². The summed E-state index contributed by atoms with van der Waals surface area (Å²) < 4.78 is 5.35. The van der Waals surface area contributed by atoms with E-state index < -0.39 is 0 Å². The molecule has 2 nitrogen and oxygen atoms in total. The Balaban J connectivity index is 1.80. The third kappa shape index (κ3) is 14.7. The minimum absolute atomic E-state index is 0.0599. The van der Waals surface area contributed by atoms with Crippen LogP contribution in [0.1, 0.15) is 121 Å². The lowest BCUT2D eigenvalue weighted by atomic mass is 10.0. The number of ether oxygens (including phenoxy) is 1. The largest absolute Gasteiger partial charge is 0.461 e. The van der Waals surface area contributed by atoms with E-state index in [4.69, 9.17) is 4.74 Å². The van der Waals surface area contributed by atoms with Gasteiger partial charge in [-0.25, -0.2) is 0 Å². The molecule has 0 fully saturated rings. The van der Waals surface area contributed by atoms with Gasteiger partial charge in [-0.2, -0.15) is 0 Å². The zero-order valence-corrected chi connectivity index (χ0v) is 18.6. The highest BCUT2D eigenvalue weighted by molar-refractivity contribution is 5.69. The van der Waals surface area contributed by atoms with Crippen molar-refractivity contribution in [3.05, 3.63) is 35.4 Å². The van der Waals surface area contributed by atoms with Crippen molar-refractivity contribution in [1.82, 2.24) is 0 Å². The molecule has 0 radical (unpaired) electrons. The Kier molecular flexibility index (Phi) is 15.7. The van der Waals surface area contributed by atoms with Crippen molar-refractivity contribution in [2.75, 3.05) is 0 Å². The van der Waals surface area contributed by atoms with E-state index in [1.165, 1.54) is 89.0 Å². The highest BCUT2D eigenvalue weighted by Gasteiger charge is 2.03. The van der Waals surface area contributed by atoms with Gasteiger partial charge in [0.1, 0.15) is 6.61 Å². The zero-order chi connectivity index (χ0) is 20.3. The van der Waals surface area contributed by atoms with Crippen LogP contribution in [0.4, 0.5) is 0 Å². The van der Waals surface area contributed by atoms with Gasteiger partial charge in [-0.1, -0.05) is 127 Å². The quantitative estimate of drug-likeness (QED) is 0.187. The van der Waals surface area contributed by atoms with Gasteiger partial charge in [0.05, 0.1) is 0 Å². The molecule has 0 unspecified atom stereocenters. The summed E-state index contributed by atoms with van der Waals surface area (Å²) in [4.78, 5) is 11.8. The molecule has 0 spiro atoms. The van der Waals surface area contributed by atoms with Crippen molar-refractivity contribution >= 4 is 5.97 Å². The molecule has 0 aliphatic heterocycles. The Hall–Kier alpha value is -1.31. The number of rotatable bonds is 18. The van der Waals surface area contributed by atoms with Crippen LogP contribution in [0.5, 0.6) is 0 Å². The van der Waals surface area contributed by atoms with Gasteiger partial charge in [0, 0.05) is 6.42 Å². The maximum absolute atomic E-state index is 11.8. The van der Waals surface area contributed by atoms with Crippen molar-refractivity contribution in [2.45, 2.75) is 123 Å². The predicted molar refractivity (Wildman–Crippen MR) is 121 cm³/mol. The Bertz CT molecular complexity index is 478. The molecule has 160 valence electrons. The molecule has 0 aliphatic rings. The molecule has 0 aromatic heterocycles. The summed E-state index contributed by atoms with van der Waals surface area (Å²) in [5.74, 6) is -0.0599. The lowest BCUT2D eigenvalue weighted by Gasteiger charge is -2.06. The van der Waals surface area contributed by atoms with Gasteiger partial charge in [0.2, 0.25) is 0 Å². The number of esters is 1. The lowest BCUT2D eigenvalue weighted by Crippen LogP contribution is -2.04. The van der Waals surface area contributed by atoms with Crippen LogP contribution in [0.3, 0.4) is 0 Å². The highest BCUT2D eigenvalue weighted by atomic mass is 16.5. The monoisotopic (exact) mass is 388 g/mol. The molecule has 0 amide bonds. The van der Waals surface area contributed by atoms with Crippen LogP contribution in [0.25, 0.3) is 0 Å². The molecule has 28 heavy (non-hydrogen) atoms. The lowest BCUT2D eigenvalue weighted by molar-refractivity contribution is -0.145. The minimum Gasteiger partial charge on any atom is -0.461 e. The Labute approximate surface area is 174 Å². The van der Waals surface area contributed by atoms with E-state index in [1.54, 1.807) is 0 Å². The first-order valence-electron chi connectivity index (χ1n) is 11.9. The van der Waals surface area contributed by atoms with Gasteiger partial charge in [0.25, 0.3) is 0 Å². The van der Waals surface area contributed by atoms with Crippen LogP contribution in [0.2, 0.25) is 0 Å². The molecular formula is C26H44O2. The third-order valence-corrected chi connectivity index (χ3v) is 5.50. The highest BCUT2D eigenvalue weighted by Crippen LogP contribution is 2.14. The smallest absolute Gasteiger partial charge is 0.306 e. The molecule has 0 saturated carbocycles. The molecule has 0 bridgehead atoms. The Morgan fingerprint density at radius 3 is 1.57 bits per heavy atom. The summed E-state index contributed by atoms with van der Waals surface area (Å²) in [6.07, 6.45) is 20.7. The van der Waals surface area contributed by atoms with Crippen LogP contribution in [0.15, 0.2) is 24.3 Å². The van der Waals surface area contributed by atoms with E-state index in [2.05, 4.69) is 26.0 Å². The van der Waals surface area contributed by atoms with Gasteiger partial charge in [-0.3, -0.25) is 4.79 Å². The van der Waals surface area contributed by atoms with Crippen LogP contribution in [0, 0.1) is 6.92 Å². The molecule has 1 rings (SSSR count). The van der Waals surface area contributed by atoms with Gasteiger partial charge in [-0.05, 0) is 18.9 Å². The first-order valence-corrected chi connectivity index (χ1v) is 11.9. The molecule has 0 N–H and O–H groups in total. The van der Waals surface area contributed by atoms with Crippen molar-refractivity contribution in [3.63, 3.8) is 0 Å². The van der Waals surface area contributed by atoms with Crippen LogP contribution in [-0.2, 0) is 16.1 Å². The van der Waals surface area contributed by atoms with Crippen LogP contribution < -0.4 is 0 Å². The molecule has 0 atom stereocenters. The van der Waals surface area contributed by atoms with E-state index >= 15 is 0 Å². The van der Waals surface area contributed by atoms with E-state index in [9.17, 15) is 4.79 Å². The van der Waals surface area contributed by atoms with Crippen molar-refractivity contribution < 1.29 is 9.53 Å². The van der Waals surface area contributed by atoms with E-state index in [0.717, 1.165) is 18.4 Å². The van der Waals surface area contributed by atoms with Crippen LogP contribution >= 0.6 is 0 Å². The maximum atomic E-state index is 11.8. The number of aryl methyl sites for hydroxylation is 1. The van der Waals surface area contributed by atoms with Crippen molar-refractivity contribution in [1.29, 1.82) is 0 Å². The van der Waals surface area contributed by atoms with E-state index in [1.807, 2.05) is 12.1 Å². The SMILES string of the molecule is CCCCCCCCCCCCCCCCCC(=O)OCc1ccc(C)cc1. The molecule has 1 aromatic rings. The summed E-state index contributed by atoms with van der Waals surface area (Å²) >= 11 is 0. The molecular weight excluding hydrogens is 344 g/mol. The molecule has 0 saturated heterocycles. The second-order valence-electron chi connectivity index (χ2n) is 8.35. The number of carbonyl (C=O) groups excluding carboxylic acids is 1. The standard InChI is InChI=1S/C26H44O2/c1-3-4-5-6-7-8-9-10-11-12-13-14-15-16-17-18-26(27)28-23-25-21-19-24(2)20-22-25/h19-22H,3-18,23H2,1-2H3.